The molecule has 2 heterocycles. The highest BCUT2D eigenvalue weighted by molar-refractivity contribution is 5.87. The van der Waals surface area contributed by atoms with Gasteiger partial charge in [0.05, 0.1) is 12.5 Å². The van der Waals surface area contributed by atoms with Crippen molar-refractivity contribution in [3.63, 3.8) is 0 Å². The van der Waals surface area contributed by atoms with Gasteiger partial charge in [-0.15, -0.1) is 0 Å². The Morgan fingerprint density at radius 2 is 2.19 bits per heavy atom. The monoisotopic (exact) mass is 288 g/mol. The minimum atomic E-state index is -0.0427. The lowest BCUT2D eigenvalue weighted by molar-refractivity contribution is -0.121. The molecule has 1 aromatic carbocycles. The van der Waals surface area contributed by atoms with Gasteiger partial charge in [-0.3, -0.25) is 4.79 Å². The minimum absolute atomic E-state index is 0.0427. The van der Waals surface area contributed by atoms with Crippen LogP contribution in [0.3, 0.4) is 0 Å². The number of hydrogen-bond acceptors (Lipinski definition) is 4. The van der Waals surface area contributed by atoms with E-state index in [1.165, 1.54) is 5.56 Å². The first-order valence-electron chi connectivity index (χ1n) is 7.37. The molecule has 1 amide bonds. The summed E-state index contributed by atoms with van der Waals surface area (Å²) in [7, 11) is 0. The molecule has 0 aliphatic carbocycles. The number of carbonyl (C=O) groups excluding carboxylic acids is 1. The quantitative estimate of drug-likeness (QED) is 0.937. The van der Waals surface area contributed by atoms with Crippen molar-refractivity contribution in [1.82, 2.24) is 10.5 Å². The van der Waals surface area contributed by atoms with Crippen molar-refractivity contribution in [2.45, 2.75) is 39.2 Å². The summed E-state index contributed by atoms with van der Waals surface area (Å²) in [5.41, 5.74) is 3.76. The van der Waals surface area contributed by atoms with Crippen molar-refractivity contribution in [3.8, 4) is 0 Å². The van der Waals surface area contributed by atoms with E-state index in [9.17, 15) is 4.79 Å². The zero-order chi connectivity index (χ0) is 14.8. The summed E-state index contributed by atoms with van der Waals surface area (Å²) in [6, 6.07) is 4.00. The first-order valence-corrected chi connectivity index (χ1v) is 7.37. The van der Waals surface area contributed by atoms with Gasteiger partial charge < -0.3 is 14.6 Å². The molecule has 3 rings (SSSR count). The van der Waals surface area contributed by atoms with Gasteiger partial charge in [-0.05, 0) is 49.9 Å². The van der Waals surface area contributed by atoms with E-state index in [4.69, 9.17) is 9.26 Å². The third kappa shape index (κ3) is 3.08. The highest BCUT2D eigenvalue weighted by Crippen LogP contribution is 2.23. The molecule has 0 spiro atoms. The summed E-state index contributed by atoms with van der Waals surface area (Å²) in [6.45, 7) is 5.45. The van der Waals surface area contributed by atoms with Crippen LogP contribution >= 0.6 is 0 Å². The molecule has 1 aliphatic heterocycles. The molecule has 5 nitrogen and oxygen atoms in total. The van der Waals surface area contributed by atoms with Crippen molar-refractivity contribution in [1.29, 1.82) is 0 Å². The van der Waals surface area contributed by atoms with Gasteiger partial charge in [-0.2, -0.15) is 0 Å². The predicted octanol–water partition coefficient (Wildman–Crippen LogP) is 2.28. The zero-order valence-corrected chi connectivity index (χ0v) is 12.4. The molecule has 1 unspecified atom stereocenters. The minimum Gasteiger partial charge on any atom is -0.376 e. The number of carbonyl (C=O) groups is 1. The third-order valence-electron chi connectivity index (χ3n) is 4.04. The zero-order valence-electron chi connectivity index (χ0n) is 12.4. The Balaban J connectivity index is 1.66. The first-order chi connectivity index (χ1) is 10.1. The number of nitrogens with zero attached hydrogens (tertiary/aromatic N) is 1. The van der Waals surface area contributed by atoms with E-state index in [-0.39, 0.29) is 18.4 Å². The molecule has 0 radical (unpaired) electrons. The number of amides is 1. The molecule has 5 heteroatoms. The Labute approximate surface area is 123 Å². The number of rotatable bonds is 4. The number of nitrogens with one attached hydrogen (secondary N) is 1. The molecular weight excluding hydrogens is 268 g/mol. The molecule has 1 saturated heterocycles. The highest BCUT2D eigenvalue weighted by Gasteiger charge is 2.18. The van der Waals surface area contributed by atoms with Gasteiger partial charge in [0.15, 0.2) is 5.58 Å². The van der Waals surface area contributed by atoms with Crippen LogP contribution < -0.4 is 5.32 Å². The Kier molecular flexibility index (Phi) is 3.92. The number of ether oxygens (including phenoxy) is 1. The highest BCUT2D eigenvalue weighted by atomic mass is 16.5. The number of aromatic nitrogens is 1. The molecule has 2 aromatic rings. The van der Waals surface area contributed by atoms with E-state index in [2.05, 4.69) is 10.5 Å². The maximum absolute atomic E-state index is 12.0. The van der Waals surface area contributed by atoms with E-state index in [1.807, 2.05) is 26.0 Å². The van der Waals surface area contributed by atoms with Crippen molar-refractivity contribution >= 4 is 16.9 Å². The summed E-state index contributed by atoms with van der Waals surface area (Å²) in [5, 5.41) is 7.86. The van der Waals surface area contributed by atoms with Crippen LogP contribution in [0.5, 0.6) is 0 Å². The third-order valence-corrected chi connectivity index (χ3v) is 4.04. The molecule has 112 valence electrons. The Morgan fingerprint density at radius 3 is 2.95 bits per heavy atom. The van der Waals surface area contributed by atoms with Crippen molar-refractivity contribution in [3.05, 3.63) is 29.0 Å². The fourth-order valence-corrected chi connectivity index (χ4v) is 2.62. The van der Waals surface area contributed by atoms with E-state index >= 15 is 0 Å². The molecule has 0 saturated carbocycles. The van der Waals surface area contributed by atoms with Gasteiger partial charge in [0.2, 0.25) is 5.91 Å². The van der Waals surface area contributed by atoms with Crippen molar-refractivity contribution in [2.24, 2.45) is 0 Å². The largest absolute Gasteiger partial charge is 0.376 e. The molecule has 0 bridgehead atoms. The van der Waals surface area contributed by atoms with Gasteiger partial charge >= 0.3 is 0 Å². The lowest BCUT2D eigenvalue weighted by atomic mass is 10.1. The normalized spacial score (nSPS) is 18.3. The molecule has 1 N–H and O–H groups in total. The van der Waals surface area contributed by atoms with Crippen LogP contribution in [0.4, 0.5) is 0 Å². The van der Waals surface area contributed by atoms with Crippen molar-refractivity contribution in [2.75, 3.05) is 13.2 Å². The summed E-state index contributed by atoms with van der Waals surface area (Å²) in [6.07, 6.45) is 2.49. The molecule has 1 aromatic heterocycles. The Hall–Kier alpha value is -1.88. The van der Waals surface area contributed by atoms with Crippen LogP contribution in [-0.2, 0) is 16.0 Å². The van der Waals surface area contributed by atoms with Gasteiger partial charge in [-0.1, -0.05) is 5.16 Å². The van der Waals surface area contributed by atoms with E-state index in [1.54, 1.807) is 0 Å². The maximum atomic E-state index is 12.0. The topological polar surface area (TPSA) is 64.4 Å². The van der Waals surface area contributed by atoms with E-state index < -0.39 is 0 Å². The smallest absolute Gasteiger partial charge is 0.226 e. The van der Waals surface area contributed by atoms with E-state index in [0.29, 0.717) is 12.2 Å². The van der Waals surface area contributed by atoms with Crippen LogP contribution in [0.2, 0.25) is 0 Å². The number of aryl methyl sites for hydroxylation is 2. The predicted molar refractivity (Wildman–Crippen MR) is 79.2 cm³/mol. The van der Waals surface area contributed by atoms with Gasteiger partial charge in [0.1, 0.15) is 5.69 Å². The van der Waals surface area contributed by atoms with Crippen molar-refractivity contribution < 1.29 is 14.1 Å². The van der Waals surface area contributed by atoms with Crippen LogP contribution in [0, 0.1) is 13.8 Å². The molecule has 1 aliphatic rings. The average molecular weight is 288 g/mol. The number of fused-ring (bicyclic) bond motifs is 1. The van der Waals surface area contributed by atoms with Crippen LogP contribution in [0.15, 0.2) is 16.7 Å². The first kappa shape index (κ1) is 14.1. The molecule has 1 atom stereocenters. The summed E-state index contributed by atoms with van der Waals surface area (Å²) < 4.78 is 10.8. The average Bonchev–Trinajstić information content (AvgIpc) is 3.09. The lowest BCUT2D eigenvalue weighted by Crippen LogP contribution is -2.32. The van der Waals surface area contributed by atoms with E-state index in [0.717, 1.165) is 36.0 Å². The summed E-state index contributed by atoms with van der Waals surface area (Å²) in [4.78, 5) is 12.0. The Morgan fingerprint density at radius 1 is 1.38 bits per heavy atom. The Bertz CT molecular complexity index is 657. The number of hydrogen-bond donors (Lipinski definition) is 1. The van der Waals surface area contributed by atoms with Crippen LogP contribution in [0.25, 0.3) is 11.0 Å². The summed E-state index contributed by atoms with van der Waals surface area (Å²) in [5.74, 6) is -0.0427. The standard InChI is InChI=1S/C16H20N2O3/c1-10-6-13-14(18-21-15(13)7-11(10)2)8-16(19)17-9-12-4-3-5-20-12/h6-7,12H,3-5,8-9H2,1-2H3,(H,17,19). The van der Waals surface area contributed by atoms with Crippen LogP contribution in [-0.4, -0.2) is 30.3 Å². The molecule has 21 heavy (non-hydrogen) atoms. The number of benzene rings is 1. The summed E-state index contributed by atoms with van der Waals surface area (Å²) >= 11 is 0. The second-order valence-electron chi connectivity index (χ2n) is 5.68. The van der Waals surface area contributed by atoms with Gasteiger partial charge in [0.25, 0.3) is 0 Å². The molecule has 1 fully saturated rings. The van der Waals surface area contributed by atoms with Crippen LogP contribution in [0.1, 0.15) is 29.7 Å². The second kappa shape index (κ2) is 5.85. The lowest BCUT2D eigenvalue weighted by Gasteiger charge is -2.10. The maximum Gasteiger partial charge on any atom is 0.226 e. The SMILES string of the molecule is Cc1cc2onc(CC(=O)NCC3CCCO3)c2cc1C. The van der Waals surface area contributed by atoms with Gasteiger partial charge in [-0.25, -0.2) is 0 Å². The second-order valence-corrected chi connectivity index (χ2v) is 5.68. The fraction of sp³-hybridized carbons (Fsp3) is 0.500. The fourth-order valence-electron chi connectivity index (χ4n) is 2.62. The van der Waals surface area contributed by atoms with Gasteiger partial charge in [0, 0.05) is 18.5 Å². The molecular formula is C16H20N2O3.